The Labute approximate surface area is 101 Å². The van der Waals surface area contributed by atoms with Crippen LogP contribution in [0.5, 0.6) is 0 Å². The number of hydrogen-bond donors (Lipinski definition) is 1. The summed E-state index contributed by atoms with van der Waals surface area (Å²) in [5.41, 5.74) is 0.410. The van der Waals surface area contributed by atoms with Gasteiger partial charge in [0.1, 0.15) is 0 Å². The predicted molar refractivity (Wildman–Crippen MR) is 66.7 cm³/mol. The molecule has 0 fully saturated rings. The molecule has 0 aliphatic rings. The Bertz CT molecular complexity index is 368. The first-order valence-electron chi connectivity index (χ1n) is 5.46. The molecule has 0 aliphatic heterocycles. The molecule has 0 bridgehead atoms. The van der Waals surface area contributed by atoms with Gasteiger partial charge in [0, 0.05) is 25.1 Å². The van der Waals surface area contributed by atoms with Crippen LogP contribution in [0.1, 0.15) is 33.6 Å². The van der Waals surface area contributed by atoms with Crippen LogP contribution >= 0.6 is 0 Å². The minimum Gasteiger partial charge on any atom is -0.326 e. The standard InChI is InChI=1S/C12H18N2O3/c1-4-6-8-11(9-10(3)14(16)17)13-12(15)7-5-2/h4,6,8-9H,5,7H2,1-3H3,(H,13,15)/b6-4-,10-9+,11-8+. The second kappa shape index (κ2) is 8.27. The van der Waals surface area contributed by atoms with Crippen molar-refractivity contribution < 1.29 is 9.72 Å². The maximum atomic E-state index is 11.4. The Morgan fingerprint density at radius 2 is 2.12 bits per heavy atom. The maximum absolute atomic E-state index is 11.4. The van der Waals surface area contributed by atoms with Crippen LogP contribution < -0.4 is 5.32 Å². The molecule has 0 aliphatic carbocycles. The van der Waals surface area contributed by atoms with Gasteiger partial charge in [-0.15, -0.1) is 0 Å². The van der Waals surface area contributed by atoms with Crippen molar-refractivity contribution in [3.63, 3.8) is 0 Å². The van der Waals surface area contributed by atoms with E-state index in [0.717, 1.165) is 6.42 Å². The van der Waals surface area contributed by atoms with Crippen molar-refractivity contribution in [2.24, 2.45) is 0 Å². The lowest BCUT2D eigenvalue weighted by Gasteiger charge is -2.04. The monoisotopic (exact) mass is 238 g/mol. The van der Waals surface area contributed by atoms with E-state index in [1.807, 2.05) is 13.8 Å². The van der Waals surface area contributed by atoms with Crippen molar-refractivity contribution in [3.05, 3.63) is 45.8 Å². The highest BCUT2D eigenvalue weighted by Crippen LogP contribution is 2.02. The van der Waals surface area contributed by atoms with Crippen LogP contribution in [-0.2, 0) is 4.79 Å². The van der Waals surface area contributed by atoms with E-state index in [2.05, 4.69) is 5.32 Å². The fourth-order valence-corrected chi connectivity index (χ4v) is 1.05. The highest BCUT2D eigenvalue weighted by Gasteiger charge is 2.06. The van der Waals surface area contributed by atoms with Crippen molar-refractivity contribution in [1.82, 2.24) is 5.32 Å². The fraction of sp³-hybridized carbons (Fsp3) is 0.417. The highest BCUT2D eigenvalue weighted by atomic mass is 16.6. The minimum atomic E-state index is -0.491. The molecule has 0 aromatic heterocycles. The number of carbonyl (C=O) groups excluding carboxylic acids is 1. The van der Waals surface area contributed by atoms with E-state index in [-0.39, 0.29) is 11.6 Å². The summed E-state index contributed by atoms with van der Waals surface area (Å²) in [6, 6.07) is 0. The largest absolute Gasteiger partial charge is 0.326 e. The molecule has 0 atom stereocenters. The number of carbonyl (C=O) groups is 1. The zero-order chi connectivity index (χ0) is 13.3. The molecule has 1 N–H and O–H groups in total. The Hall–Kier alpha value is -1.91. The average molecular weight is 238 g/mol. The number of allylic oxidation sites excluding steroid dienone is 5. The van der Waals surface area contributed by atoms with Gasteiger partial charge in [0.2, 0.25) is 11.6 Å². The van der Waals surface area contributed by atoms with Gasteiger partial charge in [0.05, 0.1) is 4.92 Å². The fourth-order valence-electron chi connectivity index (χ4n) is 1.05. The SMILES string of the molecule is C\C=C/C=C(\C=C(/C)[N+](=O)[O-])NC(=O)CCC. The third kappa shape index (κ3) is 7.05. The van der Waals surface area contributed by atoms with Crippen LogP contribution in [0, 0.1) is 10.1 Å². The van der Waals surface area contributed by atoms with E-state index in [9.17, 15) is 14.9 Å². The number of nitrogens with zero attached hydrogens (tertiary/aromatic N) is 1. The molecule has 0 aromatic carbocycles. The lowest BCUT2D eigenvalue weighted by Crippen LogP contribution is -2.21. The lowest BCUT2D eigenvalue weighted by atomic mass is 10.2. The summed E-state index contributed by atoms with van der Waals surface area (Å²) in [4.78, 5) is 21.4. The Kier molecular flexibility index (Phi) is 7.34. The summed E-state index contributed by atoms with van der Waals surface area (Å²) in [7, 11) is 0. The number of hydrogen-bond acceptors (Lipinski definition) is 3. The molecule has 5 nitrogen and oxygen atoms in total. The zero-order valence-electron chi connectivity index (χ0n) is 10.4. The maximum Gasteiger partial charge on any atom is 0.245 e. The minimum absolute atomic E-state index is 0.0162. The molecule has 0 rings (SSSR count). The van der Waals surface area contributed by atoms with Gasteiger partial charge in [0.25, 0.3) is 0 Å². The van der Waals surface area contributed by atoms with Gasteiger partial charge in [-0.1, -0.05) is 19.1 Å². The number of nitrogens with one attached hydrogen (secondary N) is 1. The molecule has 5 heteroatoms. The first-order chi connectivity index (χ1) is 8.01. The molecule has 94 valence electrons. The van der Waals surface area contributed by atoms with E-state index in [0.29, 0.717) is 12.1 Å². The Morgan fingerprint density at radius 1 is 1.47 bits per heavy atom. The van der Waals surface area contributed by atoms with Crippen LogP contribution in [0.2, 0.25) is 0 Å². The first-order valence-corrected chi connectivity index (χ1v) is 5.46. The summed E-state index contributed by atoms with van der Waals surface area (Å²) < 4.78 is 0. The van der Waals surface area contributed by atoms with Crippen molar-refractivity contribution in [3.8, 4) is 0 Å². The molecule has 0 heterocycles. The van der Waals surface area contributed by atoms with Gasteiger partial charge < -0.3 is 5.32 Å². The molecule has 0 radical (unpaired) electrons. The predicted octanol–water partition coefficient (Wildman–Crippen LogP) is 2.54. The van der Waals surface area contributed by atoms with Crippen molar-refractivity contribution in [1.29, 1.82) is 0 Å². The van der Waals surface area contributed by atoms with Crippen molar-refractivity contribution in [2.75, 3.05) is 0 Å². The molecule has 0 unspecified atom stereocenters. The summed E-state index contributed by atoms with van der Waals surface area (Å²) in [5, 5.41) is 13.1. The molecule has 17 heavy (non-hydrogen) atoms. The van der Waals surface area contributed by atoms with Gasteiger partial charge in [-0.05, 0) is 19.4 Å². The molecule has 0 saturated heterocycles. The second-order valence-corrected chi connectivity index (χ2v) is 3.49. The Morgan fingerprint density at radius 3 is 2.59 bits per heavy atom. The second-order valence-electron chi connectivity index (χ2n) is 3.49. The zero-order valence-corrected chi connectivity index (χ0v) is 10.4. The number of amides is 1. The smallest absolute Gasteiger partial charge is 0.245 e. The molecular formula is C12H18N2O3. The van der Waals surface area contributed by atoms with Crippen molar-refractivity contribution in [2.45, 2.75) is 33.6 Å². The average Bonchev–Trinajstić information content (AvgIpc) is 2.25. The van der Waals surface area contributed by atoms with E-state index >= 15 is 0 Å². The third-order valence-electron chi connectivity index (χ3n) is 1.88. The lowest BCUT2D eigenvalue weighted by molar-refractivity contribution is -0.424. The summed E-state index contributed by atoms with van der Waals surface area (Å²) in [6.45, 7) is 5.11. The van der Waals surface area contributed by atoms with Crippen molar-refractivity contribution >= 4 is 5.91 Å². The quantitative estimate of drug-likeness (QED) is 0.439. The first kappa shape index (κ1) is 15.1. The number of nitro groups is 1. The molecule has 0 saturated carbocycles. The molecule has 1 amide bonds. The topological polar surface area (TPSA) is 72.2 Å². The molecular weight excluding hydrogens is 220 g/mol. The van der Waals surface area contributed by atoms with Crippen LogP contribution in [0.15, 0.2) is 35.7 Å². The van der Waals surface area contributed by atoms with Gasteiger partial charge in [-0.3, -0.25) is 14.9 Å². The highest BCUT2D eigenvalue weighted by molar-refractivity contribution is 5.78. The molecule has 0 spiro atoms. The van der Waals surface area contributed by atoms with E-state index in [1.54, 1.807) is 18.2 Å². The third-order valence-corrected chi connectivity index (χ3v) is 1.88. The van der Waals surface area contributed by atoms with E-state index in [4.69, 9.17) is 0 Å². The summed E-state index contributed by atoms with van der Waals surface area (Å²) >= 11 is 0. The van der Waals surface area contributed by atoms with E-state index in [1.165, 1.54) is 13.0 Å². The van der Waals surface area contributed by atoms with Gasteiger partial charge in [-0.25, -0.2) is 0 Å². The van der Waals surface area contributed by atoms with Gasteiger partial charge >= 0.3 is 0 Å². The summed E-state index contributed by atoms with van der Waals surface area (Å²) in [6.07, 6.45) is 7.60. The molecule has 0 aromatic rings. The number of rotatable bonds is 6. The Balaban J connectivity index is 4.84. The summed E-state index contributed by atoms with van der Waals surface area (Å²) in [5.74, 6) is -0.143. The van der Waals surface area contributed by atoms with Gasteiger partial charge in [0.15, 0.2) is 0 Å². The van der Waals surface area contributed by atoms with Crippen LogP contribution in [-0.4, -0.2) is 10.8 Å². The van der Waals surface area contributed by atoms with Crippen LogP contribution in [0.3, 0.4) is 0 Å². The normalized spacial score (nSPS) is 12.9. The van der Waals surface area contributed by atoms with Gasteiger partial charge in [-0.2, -0.15) is 0 Å². The van der Waals surface area contributed by atoms with E-state index < -0.39 is 4.92 Å². The van der Waals surface area contributed by atoms with Crippen LogP contribution in [0.25, 0.3) is 0 Å². The van der Waals surface area contributed by atoms with Crippen LogP contribution in [0.4, 0.5) is 0 Å².